The van der Waals surface area contributed by atoms with Crippen LogP contribution in [0.2, 0.25) is 0 Å². The molecule has 0 aliphatic carbocycles. The number of rotatable bonds is 8. The highest BCUT2D eigenvalue weighted by Gasteiger charge is 2.18. The number of phenolic OH excluding ortho intramolecular Hbond substituents is 1. The molecular weight excluding hydrogens is 452 g/mol. The van der Waals surface area contributed by atoms with Crippen LogP contribution in [-0.4, -0.2) is 34.7 Å². The first kappa shape index (κ1) is 24.6. The summed E-state index contributed by atoms with van der Waals surface area (Å²) in [4.78, 5) is 36.4. The molecule has 178 valence electrons. The molecule has 0 saturated heterocycles. The van der Waals surface area contributed by atoms with Crippen LogP contribution in [0.15, 0.2) is 83.6 Å². The van der Waals surface area contributed by atoms with Crippen LogP contribution in [0.4, 0.5) is 5.69 Å². The van der Waals surface area contributed by atoms with E-state index in [1.165, 1.54) is 43.5 Å². The lowest BCUT2D eigenvalue weighted by Crippen LogP contribution is -2.33. The van der Waals surface area contributed by atoms with E-state index in [0.717, 1.165) is 0 Å². The molecule has 3 aromatic carbocycles. The fourth-order valence-electron chi connectivity index (χ4n) is 3.01. The number of methoxy groups -OCH3 is 1. The van der Waals surface area contributed by atoms with Gasteiger partial charge >= 0.3 is 5.69 Å². The number of carbonyl (C=O) groups excluding carboxylic acids is 2. The molecule has 0 bridgehead atoms. The van der Waals surface area contributed by atoms with Crippen LogP contribution in [0.25, 0.3) is 6.08 Å². The third kappa shape index (κ3) is 6.51. The molecule has 3 N–H and O–H groups in total. The van der Waals surface area contributed by atoms with Crippen molar-refractivity contribution in [3.8, 4) is 11.5 Å². The van der Waals surface area contributed by atoms with Gasteiger partial charge in [-0.05, 0) is 66.6 Å². The number of hydrazone groups is 1. The topological polar surface area (TPSA) is 143 Å². The fourth-order valence-corrected chi connectivity index (χ4v) is 3.01. The minimum atomic E-state index is -0.745. The molecule has 0 heterocycles. The van der Waals surface area contributed by atoms with Crippen molar-refractivity contribution in [1.29, 1.82) is 0 Å². The Balaban J connectivity index is 1.93. The number of aromatic hydroxyl groups is 1. The third-order valence-electron chi connectivity index (χ3n) is 4.85. The number of phenols is 1. The first-order chi connectivity index (χ1) is 16.8. The van der Waals surface area contributed by atoms with Crippen LogP contribution < -0.4 is 15.5 Å². The number of ether oxygens (including phenoxy) is 1. The van der Waals surface area contributed by atoms with Gasteiger partial charge in [-0.15, -0.1) is 0 Å². The van der Waals surface area contributed by atoms with E-state index in [1.54, 1.807) is 49.4 Å². The second kappa shape index (κ2) is 11.2. The van der Waals surface area contributed by atoms with Gasteiger partial charge in [-0.2, -0.15) is 5.10 Å². The second-order valence-electron chi connectivity index (χ2n) is 7.25. The van der Waals surface area contributed by atoms with Gasteiger partial charge in [-0.25, -0.2) is 5.43 Å². The number of hydrogen-bond donors (Lipinski definition) is 3. The highest BCUT2D eigenvalue weighted by molar-refractivity contribution is 6.06. The number of amides is 2. The molecule has 0 atom stereocenters. The number of nitro benzene ring substituents is 1. The summed E-state index contributed by atoms with van der Waals surface area (Å²) in [6, 6.07) is 18.6. The zero-order chi connectivity index (χ0) is 25.4. The molecular formula is C25H22N4O6. The molecule has 0 unspecified atom stereocenters. The highest BCUT2D eigenvalue weighted by atomic mass is 16.6. The minimum Gasteiger partial charge on any atom is -0.508 e. The summed E-state index contributed by atoms with van der Waals surface area (Å²) in [5.41, 5.74) is 3.62. The summed E-state index contributed by atoms with van der Waals surface area (Å²) in [5, 5.41) is 27.4. The zero-order valence-corrected chi connectivity index (χ0v) is 18.9. The fraction of sp³-hybridized carbons (Fsp3) is 0.0800. The number of nitro groups is 1. The lowest BCUT2D eigenvalue weighted by atomic mass is 10.1. The zero-order valence-electron chi connectivity index (χ0n) is 18.9. The highest BCUT2D eigenvalue weighted by Crippen LogP contribution is 2.28. The van der Waals surface area contributed by atoms with Crippen molar-refractivity contribution in [2.45, 2.75) is 6.92 Å². The number of nitrogens with one attached hydrogen (secondary N) is 2. The van der Waals surface area contributed by atoms with Crippen LogP contribution in [0.5, 0.6) is 11.5 Å². The van der Waals surface area contributed by atoms with Gasteiger partial charge in [0.2, 0.25) is 0 Å². The molecule has 0 radical (unpaired) electrons. The smallest absolute Gasteiger partial charge is 0.311 e. The number of carbonyl (C=O) groups is 2. The molecule has 0 spiro atoms. The van der Waals surface area contributed by atoms with Crippen molar-refractivity contribution in [2.75, 3.05) is 7.11 Å². The molecule has 10 nitrogen and oxygen atoms in total. The van der Waals surface area contributed by atoms with Crippen molar-refractivity contribution in [3.63, 3.8) is 0 Å². The van der Waals surface area contributed by atoms with E-state index in [1.807, 2.05) is 0 Å². The van der Waals surface area contributed by atoms with Crippen molar-refractivity contribution in [3.05, 3.63) is 105 Å². The van der Waals surface area contributed by atoms with Crippen molar-refractivity contribution < 1.29 is 24.4 Å². The Morgan fingerprint density at radius 3 is 2.34 bits per heavy atom. The molecule has 10 heteroatoms. The van der Waals surface area contributed by atoms with Gasteiger partial charge in [0.15, 0.2) is 5.75 Å². The Bertz CT molecular complexity index is 1300. The summed E-state index contributed by atoms with van der Waals surface area (Å²) >= 11 is 0. The number of hydrogen-bond acceptors (Lipinski definition) is 7. The van der Waals surface area contributed by atoms with E-state index in [0.29, 0.717) is 16.8 Å². The lowest BCUT2D eigenvalue weighted by Gasteiger charge is -2.10. The Morgan fingerprint density at radius 2 is 1.71 bits per heavy atom. The van der Waals surface area contributed by atoms with Gasteiger partial charge in [0.05, 0.1) is 17.7 Å². The standard InChI is InChI=1S/C25H22N4O6/c1-16(18-9-11-20(30)12-10-18)27-28-25(32)21(26-24(31)19-6-4-3-5-7-19)14-17-8-13-23(35-2)22(15-17)29(33)34/h3-15,30H,1-2H3,(H,26,31)(H,28,32)/b21-14-,27-16-. The summed E-state index contributed by atoms with van der Waals surface area (Å²) in [7, 11) is 1.31. The molecule has 0 aliphatic heterocycles. The normalized spacial score (nSPS) is 11.5. The number of nitrogens with zero attached hydrogens (tertiary/aromatic N) is 2. The molecule has 3 rings (SSSR count). The van der Waals surface area contributed by atoms with Gasteiger partial charge in [0, 0.05) is 11.6 Å². The van der Waals surface area contributed by atoms with E-state index in [4.69, 9.17) is 4.74 Å². The number of benzene rings is 3. The van der Waals surface area contributed by atoms with E-state index >= 15 is 0 Å². The van der Waals surface area contributed by atoms with Crippen LogP contribution in [0, 0.1) is 10.1 Å². The molecule has 2 amide bonds. The van der Waals surface area contributed by atoms with Crippen LogP contribution >= 0.6 is 0 Å². The van der Waals surface area contributed by atoms with Gasteiger partial charge < -0.3 is 15.2 Å². The molecule has 0 aliphatic rings. The van der Waals surface area contributed by atoms with E-state index in [2.05, 4.69) is 15.8 Å². The summed E-state index contributed by atoms with van der Waals surface area (Å²) < 4.78 is 5.01. The van der Waals surface area contributed by atoms with Gasteiger partial charge in [-0.3, -0.25) is 19.7 Å². The maximum atomic E-state index is 12.9. The van der Waals surface area contributed by atoms with Crippen LogP contribution in [0.1, 0.15) is 28.4 Å². The lowest BCUT2D eigenvalue weighted by molar-refractivity contribution is -0.385. The average Bonchev–Trinajstić information content (AvgIpc) is 2.87. The van der Waals surface area contributed by atoms with Crippen LogP contribution in [0.3, 0.4) is 0 Å². The second-order valence-corrected chi connectivity index (χ2v) is 7.25. The summed E-state index contributed by atoms with van der Waals surface area (Å²) in [6.45, 7) is 1.66. The summed E-state index contributed by atoms with van der Waals surface area (Å²) in [6.07, 6.45) is 1.30. The summed E-state index contributed by atoms with van der Waals surface area (Å²) in [5.74, 6) is -1.14. The third-order valence-corrected chi connectivity index (χ3v) is 4.85. The monoisotopic (exact) mass is 474 g/mol. The van der Waals surface area contributed by atoms with E-state index < -0.39 is 16.7 Å². The molecule has 0 aromatic heterocycles. The Labute approximate surface area is 200 Å². The van der Waals surface area contributed by atoms with Crippen molar-refractivity contribution in [2.24, 2.45) is 5.10 Å². The Kier molecular flexibility index (Phi) is 7.91. The molecule has 3 aromatic rings. The first-order valence-electron chi connectivity index (χ1n) is 10.3. The Hall–Kier alpha value is -4.99. The predicted molar refractivity (Wildman–Crippen MR) is 130 cm³/mol. The quantitative estimate of drug-likeness (QED) is 0.197. The molecule has 0 fully saturated rings. The van der Waals surface area contributed by atoms with Crippen LogP contribution in [-0.2, 0) is 4.79 Å². The van der Waals surface area contributed by atoms with Gasteiger partial charge in [-0.1, -0.05) is 24.3 Å². The van der Waals surface area contributed by atoms with Crippen molar-refractivity contribution >= 4 is 29.3 Å². The Morgan fingerprint density at radius 1 is 1.03 bits per heavy atom. The van der Waals surface area contributed by atoms with E-state index in [-0.39, 0.29) is 28.4 Å². The van der Waals surface area contributed by atoms with Crippen molar-refractivity contribution in [1.82, 2.24) is 10.7 Å². The van der Waals surface area contributed by atoms with Gasteiger partial charge in [0.25, 0.3) is 11.8 Å². The molecule has 0 saturated carbocycles. The average molecular weight is 474 g/mol. The maximum Gasteiger partial charge on any atom is 0.311 e. The SMILES string of the molecule is COc1ccc(/C=C(\NC(=O)c2ccccc2)C(=O)N/N=C(/C)c2ccc(O)cc2)cc1[N+](=O)[O-]. The first-order valence-corrected chi connectivity index (χ1v) is 10.3. The largest absolute Gasteiger partial charge is 0.508 e. The maximum absolute atomic E-state index is 12.9. The molecule has 35 heavy (non-hydrogen) atoms. The minimum absolute atomic E-state index is 0.0561. The predicted octanol–water partition coefficient (Wildman–Crippen LogP) is 3.62. The van der Waals surface area contributed by atoms with Gasteiger partial charge in [0.1, 0.15) is 11.4 Å². The van der Waals surface area contributed by atoms with E-state index in [9.17, 15) is 24.8 Å².